The lowest BCUT2D eigenvalue weighted by Crippen LogP contribution is -2.49. The molecule has 0 radical (unpaired) electrons. The molecular formula is C16H24N4O. The van der Waals surface area contributed by atoms with Gasteiger partial charge in [0, 0.05) is 31.9 Å². The van der Waals surface area contributed by atoms with E-state index < -0.39 is 0 Å². The number of aromatic nitrogens is 2. The van der Waals surface area contributed by atoms with Gasteiger partial charge in [-0.25, -0.2) is 0 Å². The average Bonchev–Trinajstić information content (AvgIpc) is 2.57. The van der Waals surface area contributed by atoms with Gasteiger partial charge >= 0.3 is 0 Å². The molecule has 114 valence electrons. The Hall–Kier alpha value is -1.62. The molecule has 0 spiro atoms. The molecule has 0 aliphatic carbocycles. The van der Waals surface area contributed by atoms with Gasteiger partial charge in [0.2, 0.25) is 0 Å². The van der Waals surface area contributed by atoms with E-state index in [1.54, 1.807) is 6.20 Å². The van der Waals surface area contributed by atoms with Gasteiger partial charge in [0.1, 0.15) is 6.10 Å². The first-order chi connectivity index (χ1) is 10.3. The average molecular weight is 288 g/mol. The SMILES string of the molecule is CN(C[C@@H]1CCC=CO1)[C@@H]1CCCN(c2cccnn2)C1. The predicted octanol–water partition coefficient (Wildman–Crippen LogP) is 2.07. The van der Waals surface area contributed by atoms with Crippen LogP contribution in [0.5, 0.6) is 0 Å². The predicted molar refractivity (Wildman–Crippen MR) is 83.1 cm³/mol. The van der Waals surface area contributed by atoms with E-state index in [0.717, 1.165) is 38.3 Å². The molecule has 0 amide bonds. The van der Waals surface area contributed by atoms with Crippen LogP contribution < -0.4 is 4.90 Å². The lowest BCUT2D eigenvalue weighted by Gasteiger charge is -2.39. The van der Waals surface area contributed by atoms with Crippen molar-refractivity contribution in [3.05, 3.63) is 30.7 Å². The highest BCUT2D eigenvalue weighted by atomic mass is 16.5. The quantitative estimate of drug-likeness (QED) is 0.848. The Morgan fingerprint density at radius 2 is 2.38 bits per heavy atom. The molecule has 2 aliphatic heterocycles. The number of anilines is 1. The van der Waals surface area contributed by atoms with E-state index in [1.165, 1.54) is 12.8 Å². The van der Waals surface area contributed by atoms with Gasteiger partial charge in [-0.1, -0.05) is 0 Å². The zero-order valence-corrected chi connectivity index (χ0v) is 12.7. The molecular weight excluding hydrogens is 264 g/mol. The Labute approximate surface area is 126 Å². The van der Waals surface area contributed by atoms with Crippen LogP contribution in [0.4, 0.5) is 5.82 Å². The summed E-state index contributed by atoms with van der Waals surface area (Å²) in [7, 11) is 2.21. The first-order valence-electron chi connectivity index (χ1n) is 7.86. The molecule has 2 aliphatic rings. The van der Waals surface area contributed by atoms with Crippen LogP contribution in [-0.4, -0.2) is 53.9 Å². The van der Waals surface area contributed by atoms with Crippen molar-refractivity contribution in [1.82, 2.24) is 15.1 Å². The Morgan fingerprint density at radius 1 is 1.43 bits per heavy atom. The molecule has 5 nitrogen and oxygen atoms in total. The van der Waals surface area contributed by atoms with Crippen LogP contribution in [0.2, 0.25) is 0 Å². The maximum absolute atomic E-state index is 5.69. The molecule has 0 unspecified atom stereocenters. The van der Waals surface area contributed by atoms with Gasteiger partial charge < -0.3 is 9.64 Å². The molecule has 0 saturated carbocycles. The van der Waals surface area contributed by atoms with Crippen LogP contribution >= 0.6 is 0 Å². The van der Waals surface area contributed by atoms with Crippen LogP contribution in [0, 0.1) is 0 Å². The van der Waals surface area contributed by atoms with Crippen molar-refractivity contribution in [1.29, 1.82) is 0 Å². The number of ether oxygens (including phenoxy) is 1. The highest BCUT2D eigenvalue weighted by Gasteiger charge is 2.26. The molecule has 1 aromatic rings. The number of likely N-dealkylation sites (N-methyl/N-ethyl adjacent to an activating group) is 1. The van der Waals surface area contributed by atoms with Crippen molar-refractivity contribution in [2.45, 2.75) is 37.8 Å². The Balaban J connectivity index is 1.56. The van der Waals surface area contributed by atoms with E-state index in [1.807, 2.05) is 18.4 Å². The van der Waals surface area contributed by atoms with Crippen LogP contribution in [0.3, 0.4) is 0 Å². The summed E-state index contributed by atoms with van der Waals surface area (Å²) in [6.07, 6.45) is 10.7. The van der Waals surface area contributed by atoms with Crippen LogP contribution in [-0.2, 0) is 4.74 Å². The second kappa shape index (κ2) is 6.89. The molecule has 5 heteroatoms. The highest BCUT2D eigenvalue weighted by Crippen LogP contribution is 2.21. The van der Waals surface area contributed by atoms with Crippen molar-refractivity contribution < 1.29 is 4.74 Å². The summed E-state index contributed by atoms with van der Waals surface area (Å²) in [5.74, 6) is 0.993. The smallest absolute Gasteiger partial charge is 0.151 e. The molecule has 0 aromatic carbocycles. The van der Waals surface area contributed by atoms with E-state index in [2.05, 4.69) is 33.1 Å². The molecule has 1 saturated heterocycles. The van der Waals surface area contributed by atoms with E-state index in [9.17, 15) is 0 Å². The van der Waals surface area contributed by atoms with Crippen molar-refractivity contribution in [2.24, 2.45) is 0 Å². The standard InChI is InChI=1S/C16H24N4O/c1-19(13-15-7-2-3-11-21-15)14-6-5-10-20(12-14)16-8-4-9-17-18-16/h3-4,8-9,11,14-15H,2,5-7,10,12-13H2,1H3/t14-,15+/m1/s1. The van der Waals surface area contributed by atoms with E-state index in [0.29, 0.717) is 12.1 Å². The third-order valence-electron chi connectivity index (χ3n) is 4.42. The van der Waals surface area contributed by atoms with Crippen molar-refractivity contribution in [2.75, 3.05) is 31.6 Å². The zero-order chi connectivity index (χ0) is 14.5. The third-order valence-corrected chi connectivity index (χ3v) is 4.42. The monoisotopic (exact) mass is 288 g/mol. The summed E-state index contributed by atoms with van der Waals surface area (Å²) < 4.78 is 5.69. The molecule has 1 fully saturated rings. The summed E-state index contributed by atoms with van der Waals surface area (Å²) >= 11 is 0. The summed E-state index contributed by atoms with van der Waals surface area (Å²) in [5, 5.41) is 8.23. The first-order valence-corrected chi connectivity index (χ1v) is 7.86. The fourth-order valence-electron chi connectivity index (χ4n) is 3.17. The van der Waals surface area contributed by atoms with Gasteiger partial charge in [-0.3, -0.25) is 4.90 Å². The minimum atomic E-state index is 0.340. The Morgan fingerprint density at radius 3 is 3.14 bits per heavy atom. The normalized spacial score (nSPS) is 25.9. The lowest BCUT2D eigenvalue weighted by molar-refractivity contribution is 0.0696. The van der Waals surface area contributed by atoms with Crippen molar-refractivity contribution in [3.63, 3.8) is 0 Å². The summed E-state index contributed by atoms with van der Waals surface area (Å²) in [6, 6.07) is 4.57. The Kier molecular flexibility index (Phi) is 4.70. The number of hydrogen-bond acceptors (Lipinski definition) is 5. The fourth-order valence-corrected chi connectivity index (χ4v) is 3.17. The van der Waals surface area contributed by atoms with Gasteiger partial charge in [0.05, 0.1) is 6.26 Å². The summed E-state index contributed by atoms with van der Waals surface area (Å²) in [4.78, 5) is 4.80. The second-order valence-corrected chi connectivity index (χ2v) is 5.97. The molecule has 0 bridgehead atoms. The topological polar surface area (TPSA) is 41.5 Å². The van der Waals surface area contributed by atoms with Crippen LogP contribution in [0.1, 0.15) is 25.7 Å². The molecule has 0 N–H and O–H groups in total. The van der Waals surface area contributed by atoms with E-state index in [4.69, 9.17) is 4.74 Å². The number of allylic oxidation sites excluding steroid dienone is 1. The van der Waals surface area contributed by atoms with Gasteiger partial charge in [0.25, 0.3) is 0 Å². The number of piperidine rings is 1. The maximum Gasteiger partial charge on any atom is 0.151 e. The highest BCUT2D eigenvalue weighted by molar-refractivity contribution is 5.37. The fraction of sp³-hybridized carbons (Fsp3) is 0.625. The summed E-state index contributed by atoms with van der Waals surface area (Å²) in [5.41, 5.74) is 0. The van der Waals surface area contributed by atoms with Gasteiger partial charge in [0.15, 0.2) is 5.82 Å². The van der Waals surface area contributed by atoms with Crippen LogP contribution in [0.15, 0.2) is 30.7 Å². The lowest BCUT2D eigenvalue weighted by atomic mass is 10.0. The third kappa shape index (κ3) is 3.73. The molecule has 3 heterocycles. The van der Waals surface area contributed by atoms with Gasteiger partial charge in [-0.15, -0.1) is 5.10 Å². The largest absolute Gasteiger partial charge is 0.497 e. The summed E-state index contributed by atoms with van der Waals surface area (Å²) in [6.45, 7) is 3.10. The molecule has 2 atom stereocenters. The Bertz CT molecular complexity index is 465. The van der Waals surface area contributed by atoms with Gasteiger partial charge in [-0.05, 0) is 50.9 Å². The molecule has 21 heavy (non-hydrogen) atoms. The van der Waals surface area contributed by atoms with Crippen molar-refractivity contribution >= 4 is 5.82 Å². The zero-order valence-electron chi connectivity index (χ0n) is 12.7. The maximum atomic E-state index is 5.69. The van der Waals surface area contributed by atoms with Crippen molar-refractivity contribution in [3.8, 4) is 0 Å². The number of rotatable bonds is 4. The molecule has 3 rings (SSSR count). The van der Waals surface area contributed by atoms with E-state index in [-0.39, 0.29) is 0 Å². The minimum Gasteiger partial charge on any atom is -0.497 e. The van der Waals surface area contributed by atoms with Gasteiger partial charge in [-0.2, -0.15) is 5.10 Å². The second-order valence-electron chi connectivity index (χ2n) is 5.97. The number of hydrogen-bond donors (Lipinski definition) is 0. The minimum absolute atomic E-state index is 0.340. The molecule has 1 aromatic heterocycles. The number of nitrogens with zero attached hydrogens (tertiary/aromatic N) is 4. The first kappa shape index (κ1) is 14.3. The van der Waals surface area contributed by atoms with E-state index >= 15 is 0 Å². The van der Waals surface area contributed by atoms with Crippen LogP contribution in [0.25, 0.3) is 0 Å².